The summed E-state index contributed by atoms with van der Waals surface area (Å²) in [5.41, 5.74) is 0.945. The molecule has 1 aromatic rings. The van der Waals surface area contributed by atoms with E-state index in [-0.39, 0.29) is 30.8 Å². The molecule has 0 radical (unpaired) electrons. The van der Waals surface area contributed by atoms with Crippen LogP contribution in [0.3, 0.4) is 0 Å². The number of rotatable bonds is 4. The Labute approximate surface area is 209 Å². The molecule has 2 aliphatic carbocycles. The van der Waals surface area contributed by atoms with Crippen LogP contribution in [0.2, 0.25) is 0 Å². The molecule has 5 rings (SSSR count). The summed E-state index contributed by atoms with van der Waals surface area (Å²) in [7, 11) is 2.85. The van der Waals surface area contributed by atoms with Crippen molar-refractivity contribution >= 4 is 11.8 Å². The van der Waals surface area contributed by atoms with E-state index >= 15 is 0 Å². The van der Waals surface area contributed by atoms with Crippen LogP contribution < -0.4 is 14.2 Å². The van der Waals surface area contributed by atoms with Gasteiger partial charge >= 0.3 is 5.97 Å². The van der Waals surface area contributed by atoms with E-state index in [4.69, 9.17) is 28.4 Å². The number of ether oxygens (including phenoxy) is 6. The second kappa shape index (κ2) is 8.58. The fourth-order valence-electron chi connectivity index (χ4n) is 5.68. The van der Waals surface area contributed by atoms with E-state index in [1.807, 2.05) is 13.8 Å². The molecule has 0 fully saturated rings. The molecule has 0 aromatic heterocycles. The highest BCUT2D eigenvalue weighted by molar-refractivity contribution is 6.06. The Kier molecular flexibility index (Phi) is 5.78. The lowest BCUT2D eigenvalue weighted by Crippen LogP contribution is -2.48. The van der Waals surface area contributed by atoms with Crippen LogP contribution in [-0.4, -0.2) is 50.6 Å². The Bertz CT molecular complexity index is 1240. The molecule has 36 heavy (non-hydrogen) atoms. The number of carbonyl (C=O) groups excluding carboxylic acids is 2. The first-order valence-electron chi connectivity index (χ1n) is 11.9. The first-order valence-corrected chi connectivity index (χ1v) is 11.9. The Morgan fingerprint density at radius 2 is 1.89 bits per heavy atom. The number of methoxy groups -OCH3 is 2. The molecule has 0 bridgehead atoms. The van der Waals surface area contributed by atoms with Crippen molar-refractivity contribution in [2.45, 2.75) is 45.3 Å². The van der Waals surface area contributed by atoms with Crippen molar-refractivity contribution < 1.29 is 43.1 Å². The average Bonchev–Trinajstić information content (AvgIpc) is 3.51. The number of aliphatic hydroxyl groups is 1. The summed E-state index contributed by atoms with van der Waals surface area (Å²) < 4.78 is 35.1. The minimum absolute atomic E-state index is 0.00970. The highest BCUT2D eigenvalue weighted by Gasteiger charge is 2.60. The first kappa shape index (κ1) is 24.2. The standard InChI is InChI=1S/C27H30O9/c1-7-12(2)26(30)36-21-14(4)13(3)20(29)16-9-17(28)22(31-5)25(32-6)27(16)10-33-24-19(27)15(21)8-18-23(24)35-11-34-18/h7-9,13-14,20-21,29H,10-11H2,1-6H3/b12-7-/t13-,14-,20+,21-,27-/m1/s1. The monoisotopic (exact) mass is 498 g/mol. The summed E-state index contributed by atoms with van der Waals surface area (Å²) in [6.07, 6.45) is 1.28. The van der Waals surface area contributed by atoms with E-state index in [2.05, 4.69) is 0 Å². The maximum Gasteiger partial charge on any atom is 0.333 e. The van der Waals surface area contributed by atoms with Crippen LogP contribution >= 0.6 is 0 Å². The number of hydrogen-bond acceptors (Lipinski definition) is 9. The second-order valence-electron chi connectivity index (χ2n) is 9.59. The number of benzene rings is 1. The quantitative estimate of drug-likeness (QED) is 0.494. The smallest absolute Gasteiger partial charge is 0.333 e. The maximum atomic E-state index is 13.1. The minimum atomic E-state index is -1.20. The van der Waals surface area contributed by atoms with E-state index in [0.717, 1.165) is 0 Å². The highest BCUT2D eigenvalue weighted by Crippen LogP contribution is 2.62. The number of fused-ring (bicyclic) bond motifs is 2. The first-order chi connectivity index (χ1) is 17.2. The minimum Gasteiger partial charge on any atom is -0.496 e. The fraction of sp³-hybridized carbons (Fsp3) is 0.481. The van der Waals surface area contributed by atoms with Gasteiger partial charge in [-0.3, -0.25) is 4.79 Å². The number of ketones is 1. The zero-order chi connectivity index (χ0) is 25.9. The van der Waals surface area contributed by atoms with E-state index in [1.54, 1.807) is 26.0 Å². The molecule has 0 saturated carbocycles. The Morgan fingerprint density at radius 3 is 2.56 bits per heavy atom. The molecule has 0 unspecified atom stereocenters. The highest BCUT2D eigenvalue weighted by atomic mass is 16.7. The average molecular weight is 499 g/mol. The van der Waals surface area contributed by atoms with Crippen molar-refractivity contribution in [1.82, 2.24) is 0 Å². The summed E-state index contributed by atoms with van der Waals surface area (Å²) in [4.78, 5) is 26.1. The summed E-state index contributed by atoms with van der Waals surface area (Å²) in [5, 5.41) is 11.7. The van der Waals surface area contributed by atoms with Crippen LogP contribution in [0, 0.1) is 11.8 Å². The predicted molar refractivity (Wildman–Crippen MR) is 126 cm³/mol. The fourth-order valence-corrected chi connectivity index (χ4v) is 5.68. The van der Waals surface area contributed by atoms with Crippen LogP contribution in [0.5, 0.6) is 17.2 Å². The number of aliphatic hydroxyl groups excluding tert-OH is 1. The van der Waals surface area contributed by atoms with Crippen molar-refractivity contribution in [3.63, 3.8) is 0 Å². The van der Waals surface area contributed by atoms with Gasteiger partial charge in [0.1, 0.15) is 18.1 Å². The van der Waals surface area contributed by atoms with Crippen molar-refractivity contribution in [2.24, 2.45) is 11.8 Å². The third kappa shape index (κ3) is 3.11. The molecule has 1 N–H and O–H groups in total. The Hall–Kier alpha value is -3.46. The number of allylic oxidation sites excluding steroid dienone is 2. The topological polar surface area (TPSA) is 110 Å². The molecule has 4 aliphatic rings. The molecule has 5 atom stereocenters. The molecule has 2 aliphatic heterocycles. The molecule has 2 heterocycles. The van der Waals surface area contributed by atoms with Crippen LogP contribution in [0.25, 0.3) is 0 Å². The van der Waals surface area contributed by atoms with E-state index in [9.17, 15) is 14.7 Å². The van der Waals surface area contributed by atoms with Crippen molar-refractivity contribution in [1.29, 1.82) is 0 Å². The SMILES string of the molecule is C/C=C(/C)C(=O)O[C@H]1c2cc3c(c4c2[C@@]2(CO4)C(=CC(=O)C(OC)=C2OC)[C@@H](O)[C@H](C)[C@H]1C)OCO3. The van der Waals surface area contributed by atoms with Gasteiger partial charge in [-0.2, -0.15) is 0 Å². The lowest BCUT2D eigenvalue weighted by Gasteiger charge is -2.44. The van der Waals surface area contributed by atoms with Crippen LogP contribution in [-0.2, 0) is 29.2 Å². The van der Waals surface area contributed by atoms with Gasteiger partial charge in [-0.25, -0.2) is 4.79 Å². The van der Waals surface area contributed by atoms with E-state index < -0.39 is 35.3 Å². The van der Waals surface area contributed by atoms with Gasteiger partial charge in [0, 0.05) is 22.6 Å². The second-order valence-corrected chi connectivity index (χ2v) is 9.59. The molecule has 1 spiro atoms. The van der Waals surface area contributed by atoms with Gasteiger partial charge in [-0.1, -0.05) is 19.9 Å². The van der Waals surface area contributed by atoms with Gasteiger partial charge in [0.05, 0.1) is 20.3 Å². The van der Waals surface area contributed by atoms with Gasteiger partial charge in [0.25, 0.3) is 0 Å². The lowest BCUT2D eigenvalue weighted by atomic mass is 9.61. The van der Waals surface area contributed by atoms with Crippen molar-refractivity contribution in [2.75, 3.05) is 27.6 Å². The third-order valence-corrected chi connectivity index (χ3v) is 7.93. The molecule has 9 nitrogen and oxygen atoms in total. The summed E-state index contributed by atoms with van der Waals surface area (Å²) >= 11 is 0. The summed E-state index contributed by atoms with van der Waals surface area (Å²) in [6.45, 7) is 7.27. The zero-order valence-electron chi connectivity index (χ0n) is 21.2. The molecular weight excluding hydrogens is 468 g/mol. The van der Waals surface area contributed by atoms with Crippen molar-refractivity contribution in [3.8, 4) is 17.2 Å². The zero-order valence-corrected chi connectivity index (χ0v) is 21.2. The Balaban J connectivity index is 1.86. The van der Waals surface area contributed by atoms with E-state index in [0.29, 0.717) is 39.5 Å². The van der Waals surface area contributed by atoms with Crippen LogP contribution in [0.15, 0.2) is 40.9 Å². The maximum absolute atomic E-state index is 13.1. The number of hydrogen-bond donors (Lipinski definition) is 1. The largest absolute Gasteiger partial charge is 0.496 e. The molecule has 1 aromatic carbocycles. The normalized spacial score (nSPS) is 30.5. The molecule has 0 amide bonds. The Morgan fingerprint density at radius 1 is 1.14 bits per heavy atom. The molecule has 9 heteroatoms. The van der Waals surface area contributed by atoms with Gasteiger partial charge in [-0.15, -0.1) is 0 Å². The third-order valence-electron chi connectivity index (χ3n) is 7.93. The van der Waals surface area contributed by atoms with Gasteiger partial charge in [0.2, 0.25) is 24.1 Å². The van der Waals surface area contributed by atoms with Gasteiger partial charge < -0.3 is 33.5 Å². The predicted octanol–water partition coefficient (Wildman–Crippen LogP) is 3.26. The van der Waals surface area contributed by atoms with E-state index in [1.165, 1.54) is 20.3 Å². The molecule has 0 saturated heterocycles. The van der Waals surface area contributed by atoms with Gasteiger partial charge in [-0.05, 0) is 37.5 Å². The number of esters is 1. The molecule has 192 valence electrons. The van der Waals surface area contributed by atoms with Gasteiger partial charge in [0.15, 0.2) is 17.3 Å². The molecular formula is C27H30O9. The lowest BCUT2D eigenvalue weighted by molar-refractivity contribution is -0.149. The van der Waals surface area contributed by atoms with Crippen LogP contribution in [0.1, 0.15) is 44.9 Å². The van der Waals surface area contributed by atoms with Crippen molar-refractivity contribution in [3.05, 3.63) is 52.0 Å². The van der Waals surface area contributed by atoms with Crippen LogP contribution in [0.4, 0.5) is 0 Å². The summed E-state index contributed by atoms with van der Waals surface area (Å²) in [6, 6.07) is 1.80. The number of carbonyl (C=O) groups is 2. The summed E-state index contributed by atoms with van der Waals surface area (Å²) in [5.74, 6) is -0.0823.